The summed E-state index contributed by atoms with van der Waals surface area (Å²) in [5.74, 6) is 0.884. The fourth-order valence-electron chi connectivity index (χ4n) is 3.06. The molecule has 0 unspecified atom stereocenters. The first kappa shape index (κ1) is 19.1. The minimum atomic E-state index is 0.591. The Morgan fingerprint density at radius 2 is 1.85 bits per heavy atom. The van der Waals surface area contributed by atoms with Crippen LogP contribution >= 0.6 is 11.6 Å². The van der Waals surface area contributed by atoms with E-state index in [9.17, 15) is 0 Å². The molecule has 2 aromatic carbocycles. The molecule has 0 fully saturated rings. The summed E-state index contributed by atoms with van der Waals surface area (Å²) in [6.45, 7) is 7.44. The Bertz CT molecular complexity index is 929. The molecule has 0 aliphatic carbocycles. The Labute approximate surface area is 165 Å². The molecule has 0 saturated heterocycles. The molecule has 0 atom stereocenters. The van der Waals surface area contributed by atoms with Crippen molar-refractivity contribution >= 4 is 17.8 Å². The Morgan fingerprint density at radius 3 is 2.56 bits per heavy atom. The maximum atomic E-state index is 6.16. The predicted molar refractivity (Wildman–Crippen MR) is 112 cm³/mol. The van der Waals surface area contributed by atoms with Gasteiger partial charge in [0.15, 0.2) is 0 Å². The lowest BCUT2D eigenvalue weighted by Gasteiger charge is -2.11. The second kappa shape index (κ2) is 8.78. The Morgan fingerprint density at radius 1 is 1.11 bits per heavy atom. The summed E-state index contributed by atoms with van der Waals surface area (Å²) < 4.78 is 7.74. The molecule has 140 valence electrons. The third-order valence-corrected chi connectivity index (χ3v) is 4.77. The number of aryl methyl sites for hydroxylation is 1. The first-order valence-electron chi connectivity index (χ1n) is 9.01. The van der Waals surface area contributed by atoms with E-state index in [2.05, 4.69) is 47.1 Å². The van der Waals surface area contributed by atoms with Gasteiger partial charge in [-0.1, -0.05) is 29.8 Å². The van der Waals surface area contributed by atoms with Crippen LogP contribution in [0, 0.1) is 13.8 Å². The lowest BCUT2D eigenvalue weighted by atomic mass is 10.2. The number of hydrazone groups is 1. The normalized spacial score (nSPS) is 11.1. The Balaban J connectivity index is 1.72. The number of benzene rings is 2. The van der Waals surface area contributed by atoms with Crippen LogP contribution in [0.1, 0.15) is 29.4 Å². The molecule has 0 amide bonds. The standard InChI is InChI=1S/C22H24ClN3O/c1-4-27-21-11-9-20(10-12-21)26-16(2)13-19(17(26)3)15-25-24-14-18-7-5-6-8-22(18)23/h5-13,15,24H,4,14H2,1-3H3/b25-15-. The van der Waals surface area contributed by atoms with E-state index in [0.717, 1.165) is 39.0 Å². The molecule has 1 heterocycles. The Kier molecular flexibility index (Phi) is 6.20. The zero-order valence-corrected chi connectivity index (χ0v) is 16.6. The number of hydrogen-bond acceptors (Lipinski definition) is 3. The number of nitrogens with one attached hydrogen (secondary N) is 1. The summed E-state index contributed by atoms with van der Waals surface area (Å²) >= 11 is 6.16. The van der Waals surface area contributed by atoms with Crippen LogP contribution in [-0.2, 0) is 6.54 Å². The lowest BCUT2D eigenvalue weighted by Crippen LogP contribution is -2.06. The van der Waals surface area contributed by atoms with Gasteiger partial charge in [0, 0.05) is 27.7 Å². The van der Waals surface area contributed by atoms with Gasteiger partial charge in [0.2, 0.25) is 0 Å². The summed E-state index contributed by atoms with van der Waals surface area (Å²) in [4.78, 5) is 0. The molecule has 5 heteroatoms. The van der Waals surface area contributed by atoms with Gasteiger partial charge in [0.1, 0.15) is 5.75 Å². The van der Waals surface area contributed by atoms with Gasteiger partial charge in [-0.3, -0.25) is 0 Å². The predicted octanol–water partition coefficient (Wildman–Crippen LogP) is 5.27. The van der Waals surface area contributed by atoms with Gasteiger partial charge in [-0.2, -0.15) is 5.10 Å². The minimum absolute atomic E-state index is 0.591. The number of aromatic nitrogens is 1. The van der Waals surface area contributed by atoms with E-state index in [4.69, 9.17) is 16.3 Å². The summed E-state index contributed by atoms with van der Waals surface area (Å²) in [6.07, 6.45) is 1.85. The van der Waals surface area contributed by atoms with E-state index in [1.807, 2.05) is 49.5 Å². The highest BCUT2D eigenvalue weighted by Crippen LogP contribution is 2.22. The largest absolute Gasteiger partial charge is 0.494 e. The number of hydrogen-bond donors (Lipinski definition) is 1. The van der Waals surface area contributed by atoms with E-state index in [-0.39, 0.29) is 0 Å². The van der Waals surface area contributed by atoms with Crippen LogP contribution in [-0.4, -0.2) is 17.4 Å². The molecule has 0 saturated carbocycles. The average Bonchev–Trinajstić information content (AvgIpc) is 2.95. The second-order valence-electron chi connectivity index (χ2n) is 6.27. The van der Waals surface area contributed by atoms with Crippen molar-refractivity contribution in [3.05, 3.63) is 82.1 Å². The van der Waals surface area contributed by atoms with Crippen LogP contribution in [0.15, 0.2) is 59.7 Å². The molecule has 1 aromatic heterocycles. The van der Waals surface area contributed by atoms with Gasteiger partial charge in [0.05, 0.1) is 19.4 Å². The zero-order chi connectivity index (χ0) is 19.2. The number of ether oxygens (including phenoxy) is 1. The zero-order valence-electron chi connectivity index (χ0n) is 15.9. The van der Waals surface area contributed by atoms with Gasteiger partial charge < -0.3 is 14.7 Å². The molecule has 0 aliphatic rings. The summed E-state index contributed by atoms with van der Waals surface area (Å²) in [5, 5.41) is 5.10. The van der Waals surface area contributed by atoms with Gasteiger partial charge in [0.25, 0.3) is 0 Å². The molecular weight excluding hydrogens is 358 g/mol. The highest BCUT2D eigenvalue weighted by Gasteiger charge is 2.09. The molecule has 0 spiro atoms. The number of nitrogens with zero attached hydrogens (tertiary/aromatic N) is 2. The topological polar surface area (TPSA) is 38.5 Å². The van der Waals surface area contributed by atoms with Crippen molar-refractivity contribution in [1.29, 1.82) is 0 Å². The number of rotatable bonds is 7. The van der Waals surface area contributed by atoms with Crippen molar-refractivity contribution in [2.24, 2.45) is 5.10 Å². The van der Waals surface area contributed by atoms with E-state index in [0.29, 0.717) is 13.2 Å². The van der Waals surface area contributed by atoms with Crippen LogP contribution in [0.3, 0.4) is 0 Å². The van der Waals surface area contributed by atoms with Crippen LogP contribution < -0.4 is 10.2 Å². The first-order valence-corrected chi connectivity index (χ1v) is 9.39. The molecule has 27 heavy (non-hydrogen) atoms. The summed E-state index contributed by atoms with van der Waals surface area (Å²) in [6, 6.07) is 18.0. The molecule has 4 nitrogen and oxygen atoms in total. The third kappa shape index (κ3) is 4.52. The average molecular weight is 382 g/mol. The van der Waals surface area contributed by atoms with Crippen LogP contribution in [0.5, 0.6) is 5.75 Å². The Hall–Kier alpha value is -2.72. The quantitative estimate of drug-likeness (QED) is 0.447. The van der Waals surface area contributed by atoms with Gasteiger partial charge >= 0.3 is 0 Å². The number of halogens is 1. The van der Waals surface area contributed by atoms with Gasteiger partial charge in [-0.05, 0) is 62.7 Å². The van der Waals surface area contributed by atoms with Crippen LogP contribution in [0.2, 0.25) is 5.02 Å². The van der Waals surface area contributed by atoms with Crippen LogP contribution in [0.25, 0.3) is 5.69 Å². The van der Waals surface area contributed by atoms with E-state index >= 15 is 0 Å². The molecule has 1 N–H and O–H groups in total. The lowest BCUT2D eigenvalue weighted by molar-refractivity contribution is 0.340. The first-order chi connectivity index (χ1) is 13.1. The van der Waals surface area contributed by atoms with Crippen molar-refractivity contribution < 1.29 is 4.74 Å². The molecule has 3 aromatic rings. The molecule has 0 aliphatic heterocycles. The highest BCUT2D eigenvalue weighted by molar-refractivity contribution is 6.31. The van der Waals surface area contributed by atoms with E-state index < -0.39 is 0 Å². The molecule has 3 rings (SSSR count). The fourth-order valence-corrected chi connectivity index (χ4v) is 3.26. The highest BCUT2D eigenvalue weighted by atomic mass is 35.5. The van der Waals surface area contributed by atoms with Crippen molar-refractivity contribution in [2.45, 2.75) is 27.3 Å². The molecule has 0 bridgehead atoms. The maximum absolute atomic E-state index is 6.16. The van der Waals surface area contributed by atoms with Crippen molar-refractivity contribution in [1.82, 2.24) is 9.99 Å². The minimum Gasteiger partial charge on any atom is -0.494 e. The second-order valence-corrected chi connectivity index (χ2v) is 6.68. The fraction of sp³-hybridized carbons (Fsp3) is 0.227. The monoisotopic (exact) mass is 381 g/mol. The van der Waals surface area contributed by atoms with Crippen molar-refractivity contribution in [3.63, 3.8) is 0 Å². The van der Waals surface area contributed by atoms with Crippen molar-refractivity contribution in [2.75, 3.05) is 6.61 Å². The van der Waals surface area contributed by atoms with E-state index in [1.54, 1.807) is 0 Å². The maximum Gasteiger partial charge on any atom is 0.119 e. The SMILES string of the molecule is CCOc1ccc(-n2c(C)cc(/C=N\NCc3ccccc3Cl)c2C)cc1. The molecular formula is C22H24ClN3O. The summed E-state index contributed by atoms with van der Waals surface area (Å²) in [5.41, 5.74) is 8.57. The van der Waals surface area contributed by atoms with Crippen molar-refractivity contribution in [3.8, 4) is 11.4 Å². The van der Waals surface area contributed by atoms with Crippen LogP contribution in [0.4, 0.5) is 0 Å². The van der Waals surface area contributed by atoms with Gasteiger partial charge in [-0.15, -0.1) is 0 Å². The molecule has 0 radical (unpaired) electrons. The smallest absolute Gasteiger partial charge is 0.119 e. The third-order valence-electron chi connectivity index (χ3n) is 4.40. The summed E-state index contributed by atoms with van der Waals surface area (Å²) in [7, 11) is 0. The van der Waals surface area contributed by atoms with Gasteiger partial charge in [-0.25, -0.2) is 0 Å². The van der Waals surface area contributed by atoms with E-state index in [1.165, 1.54) is 0 Å².